The molecule has 0 aromatic rings. The van der Waals surface area contributed by atoms with E-state index in [1.807, 2.05) is 4.90 Å². The van der Waals surface area contributed by atoms with E-state index < -0.39 is 10.0 Å². The number of nitrogens with zero attached hydrogens (tertiary/aromatic N) is 3. The third-order valence-corrected chi connectivity index (χ3v) is 6.07. The molecule has 96 valence electrons. The lowest BCUT2D eigenvalue weighted by Crippen LogP contribution is -2.44. The molecule has 0 N–H and O–H groups in total. The fraction of sp³-hybridized carbons (Fsp3) is 0.909. The van der Waals surface area contributed by atoms with Crippen molar-refractivity contribution < 1.29 is 8.42 Å². The van der Waals surface area contributed by atoms with Gasteiger partial charge in [-0.05, 0) is 25.7 Å². The summed E-state index contributed by atoms with van der Waals surface area (Å²) in [5.74, 6) is 0. The summed E-state index contributed by atoms with van der Waals surface area (Å²) in [6, 6.07) is 2.11. The van der Waals surface area contributed by atoms with Gasteiger partial charge in [-0.1, -0.05) is 0 Å². The summed E-state index contributed by atoms with van der Waals surface area (Å²) in [5, 5.41) is 8.37. The highest BCUT2D eigenvalue weighted by Gasteiger charge is 2.35. The van der Waals surface area contributed by atoms with E-state index >= 15 is 0 Å². The number of hydrogen-bond donors (Lipinski definition) is 0. The van der Waals surface area contributed by atoms with Gasteiger partial charge in [0, 0.05) is 26.2 Å². The summed E-state index contributed by atoms with van der Waals surface area (Å²) in [7, 11) is -3.08. The molecule has 0 unspecified atom stereocenters. The molecule has 0 spiro atoms. The van der Waals surface area contributed by atoms with E-state index in [1.54, 1.807) is 4.31 Å². The van der Waals surface area contributed by atoms with Crippen molar-refractivity contribution in [2.45, 2.75) is 30.9 Å². The predicted molar refractivity (Wildman–Crippen MR) is 64.8 cm³/mol. The van der Waals surface area contributed by atoms with Gasteiger partial charge < -0.3 is 0 Å². The molecule has 0 bridgehead atoms. The van der Waals surface area contributed by atoms with Crippen molar-refractivity contribution in [2.75, 3.05) is 32.7 Å². The van der Waals surface area contributed by atoms with Gasteiger partial charge in [0.25, 0.3) is 0 Å². The monoisotopic (exact) mass is 257 g/mol. The first kappa shape index (κ1) is 12.8. The van der Waals surface area contributed by atoms with Crippen LogP contribution in [-0.4, -0.2) is 55.6 Å². The van der Waals surface area contributed by atoms with Crippen molar-refractivity contribution in [3.05, 3.63) is 0 Å². The minimum absolute atomic E-state index is 0.226. The third kappa shape index (κ3) is 2.79. The maximum absolute atomic E-state index is 12.3. The second-order valence-corrected chi connectivity index (χ2v) is 7.00. The second-order valence-electron chi connectivity index (χ2n) is 4.78. The van der Waals surface area contributed by atoms with Crippen LogP contribution in [0.4, 0.5) is 0 Å². The molecule has 0 amide bonds. The van der Waals surface area contributed by atoms with Crippen LogP contribution in [0.15, 0.2) is 0 Å². The normalized spacial score (nSPS) is 24.9. The van der Waals surface area contributed by atoms with Gasteiger partial charge in [-0.25, -0.2) is 12.7 Å². The molecule has 2 rings (SSSR count). The van der Waals surface area contributed by atoms with Crippen LogP contribution in [0.2, 0.25) is 0 Å². The Morgan fingerprint density at radius 2 is 1.71 bits per heavy atom. The van der Waals surface area contributed by atoms with E-state index in [4.69, 9.17) is 5.26 Å². The van der Waals surface area contributed by atoms with Gasteiger partial charge in [-0.2, -0.15) is 5.26 Å². The first-order chi connectivity index (χ1) is 8.14. The zero-order valence-electron chi connectivity index (χ0n) is 10.0. The van der Waals surface area contributed by atoms with Crippen LogP contribution in [0.3, 0.4) is 0 Å². The fourth-order valence-corrected chi connectivity index (χ4v) is 4.61. The molecular formula is C11H19N3O2S. The van der Waals surface area contributed by atoms with Crippen LogP contribution in [0, 0.1) is 11.3 Å². The van der Waals surface area contributed by atoms with E-state index in [1.165, 1.54) is 0 Å². The van der Waals surface area contributed by atoms with Crippen LogP contribution in [0.25, 0.3) is 0 Å². The largest absolute Gasteiger partial charge is 0.291 e. The van der Waals surface area contributed by atoms with Crippen molar-refractivity contribution >= 4 is 10.0 Å². The number of likely N-dealkylation sites (tertiary alicyclic amines) is 1. The number of hydrogen-bond acceptors (Lipinski definition) is 4. The summed E-state index contributed by atoms with van der Waals surface area (Å²) < 4.78 is 26.2. The Morgan fingerprint density at radius 3 is 2.24 bits per heavy atom. The van der Waals surface area contributed by atoms with Crippen molar-refractivity contribution in [2.24, 2.45) is 0 Å². The Balaban J connectivity index is 1.94. The topological polar surface area (TPSA) is 64.4 Å². The molecule has 17 heavy (non-hydrogen) atoms. The smallest absolute Gasteiger partial charge is 0.217 e. The van der Waals surface area contributed by atoms with Gasteiger partial charge in [-0.3, -0.25) is 4.90 Å². The van der Waals surface area contributed by atoms with Gasteiger partial charge in [0.05, 0.1) is 17.9 Å². The molecule has 2 aliphatic rings. The molecule has 0 radical (unpaired) electrons. The first-order valence-corrected chi connectivity index (χ1v) is 7.73. The zero-order valence-corrected chi connectivity index (χ0v) is 10.8. The van der Waals surface area contributed by atoms with Gasteiger partial charge in [0.2, 0.25) is 10.0 Å². The first-order valence-electron chi connectivity index (χ1n) is 6.23. The molecule has 2 fully saturated rings. The molecule has 2 heterocycles. The molecule has 0 aromatic heterocycles. The average Bonchev–Trinajstić information content (AvgIpc) is 2.84. The van der Waals surface area contributed by atoms with Crippen molar-refractivity contribution in [3.63, 3.8) is 0 Å². The van der Waals surface area contributed by atoms with Crippen molar-refractivity contribution in [1.82, 2.24) is 9.21 Å². The molecule has 2 saturated heterocycles. The SMILES string of the molecule is N#CCN1CCC(S(=O)(=O)N2CCCC2)CC1. The number of piperidine rings is 1. The Hall–Kier alpha value is -0.640. The van der Waals surface area contributed by atoms with E-state index in [0.717, 1.165) is 25.9 Å². The van der Waals surface area contributed by atoms with Crippen molar-refractivity contribution in [3.8, 4) is 6.07 Å². The van der Waals surface area contributed by atoms with E-state index in [-0.39, 0.29) is 5.25 Å². The molecule has 5 nitrogen and oxygen atoms in total. The molecule has 0 saturated carbocycles. The zero-order chi connectivity index (χ0) is 12.3. The Labute approximate surface area is 103 Å². The second kappa shape index (κ2) is 5.34. The quantitative estimate of drug-likeness (QED) is 0.687. The molecular weight excluding hydrogens is 238 g/mol. The van der Waals surface area contributed by atoms with Crippen LogP contribution in [0.5, 0.6) is 0 Å². The van der Waals surface area contributed by atoms with E-state index in [2.05, 4.69) is 6.07 Å². The minimum atomic E-state index is -3.08. The summed E-state index contributed by atoms with van der Waals surface area (Å²) in [4.78, 5) is 2.02. The summed E-state index contributed by atoms with van der Waals surface area (Å²) in [6.45, 7) is 3.26. The minimum Gasteiger partial charge on any atom is -0.291 e. The number of rotatable bonds is 3. The Kier molecular flexibility index (Phi) is 4.02. The van der Waals surface area contributed by atoms with Gasteiger partial charge in [0.1, 0.15) is 0 Å². The maximum Gasteiger partial charge on any atom is 0.217 e. The number of sulfonamides is 1. The summed E-state index contributed by atoms with van der Waals surface area (Å²) >= 11 is 0. The lowest BCUT2D eigenvalue weighted by molar-refractivity contribution is 0.252. The van der Waals surface area contributed by atoms with E-state index in [9.17, 15) is 8.42 Å². The lowest BCUT2D eigenvalue weighted by Gasteiger charge is -2.32. The molecule has 2 aliphatic heterocycles. The lowest BCUT2D eigenvalue weighted by atomic mass is 10.1. The van der Waals surface area contributed by atoms with Crippen LogP contribution < -0.4 is 0 Å². The Morgan fingerprint density at radius 1 is 1.12 bits per heavy atom. The van der Waals surface area contributed by atoms with Gasteiger partial charge in [0.15, 0.2) is 0 Å². The highest BCUT2D eigenvalue weighted by atomic mass is 32.2. The fourth-order valence-electron chi connectivity index (χ4n) is 2.62. The summed E-state index contributed by atoms with van der Waals surface area (Å²) in [5.41, 5.74) is 0. The van der Waals surface area contributed by atoms with Gasteiger partial charge >= 0.3 is 0 Å². The van der Waals surface area contributed by atoms with E-state index in [0.29, 0.717) is 32.5 Å². The molecule has 0 atom stereocenters. The maximum atomic E-state index is 12.3. The standard InChI is InChI=1S/C11H19N3O2S/c12-5-10-13-8-3-11(4-9-13)17(15,16)14-6-1-2-7-14/h11H,1-4,6-10H2. The number of nitriles is 1. The van der Waals surface area contributed by atoms with Crippen LogP contribution >= 0.6 is 0 Å². The van der Waals surface area contributed by atoms with Crippen LogP contribution in [0.1, 0.15) is 25.7 Å². The van der Waals surface area contributed by atoms with Crippen LogP contribution in [-0.2, 0) is 10.0 Å². The molecule has 0 aromatic carbocycles. The highest BCUT2D eigenvalue weighted by Crippen LogP contribution is 2.23. The Bertz CT molecular complexity index is 387. The van der Waals surface area contributed by atoms with Gasteiger partial charge in [-0.15, -0.1) is 0 Å². The predicted octanol–water partition coefficient (Wildman–Crippen LogP) is 0.400. The third-order valence-electron chi connectivity index (χ3n) is 3.68. The molecule has 6 heteroatoms. The van der Waals surface area contributed by atoms with Crippen molar-refractivity contribution in [1.29, 1.82) is 5.26 Å². The highest BCUT2D eigenvalue weighted by molar-refractivity contribution is 7.89. The summed E-state index contributed by atoms with van der Waals surface area (Å²) in [6.07, 6.45) is 3.32. The molecule has 0 aliphatic carbocycles. The average molecular weight is 257 g/mol.